The molecule has 0 heterocycles. The van der Waals surface area contributed by atoms with Gasteiger partial charge in [0.1, 0.15) is 0 Å². The molecule has 0 bridgehead atoms. The Kier molecular flexibility index (Phi) is 5.49. The molecular weight excluding hydrogens is 334 g/mol. The van der Waals surface area contributed by atoms with Crippen molar-refractivity contribution in [1.29, 1.82) is 0 Å². The summed E-state index contributed by atoms with van der Waals surface area (Å²) >= 11 is 6.14. The van der Waals surface area contributed by atoms with Crippen molar-refractivity contribution >= 4 is 34.9 Å². The second-order valence-electron chi connectivity index (χ2n) is 4.71. The molecule has 2 aromatic carbocycles. The number of urea groups is 1. The SMILES string of the molecule is COc1cc(Cl)c(NC(=O)c2cccc(NC(N)=O)c2)cc1OC. The molecule has 2 aromatic rings. The highest BCUT2D eigenvalue weighted by atomic mass is 35.5. The van der Waals surface area contributed by atoms with E-state index < -0.39 is 11.9 Å². The Labute approximate surface area is 143 Å². The van der Waals surface area contributed by atoms with Crippen LogP contribution in [0.2, 0.25) is 5.02 Å². The number of ether oxygens (including phenoxy) is 2. The number of nitrogens with two attached hydrogens (primary N) is 1. The average Bonchev–Trinajstić information content (AvgIpc) is 2.55. The lowest BCUT2D eigenvalue weighted by molar-refractivity contribution is 0.102. The van der Waals surface area contributed by atoms with Gasteiger partial charge in [-0.1, -0.05) is 17.7 Å². The number of amides is 3. The molecule has 0 unspecified atom stereocenters. The fourth-order valence-corrected chi connectivity index (χ4v) is 2.23. The number of primary amides is 1. The first-order valence-electron chi connectivity index (χ1n) is 6.84. The fourth-order valence-electron chi connectivity index (χ4n) is 2.02. The predicted molar refractivity (Wildman–Crippen MR) is 92.2 cm³/mol. The molecule has 0 saturated heterocycles. The van der Waals surface area contributed by atoms with E-state index in [0.717, 1.165) is 0 Å². The number of carbonyl (C=O) groups excluding carboxylic acids is 2. The van der Waals surface area contributed by atoms with Crippen molar-refractivity contribution in [3.63, 3.8) is 0 Å². The van der Waals surface area contributed by atoms with Crippen molar-refractivity contribution in [3.05, 3.63) is 47.0 Å². The third-order valence-corrected chi connectivity index (χ3v) is 3.43. The van der Waals surface area contributed by atoms with Gasteiger partial charge in [-0.15, -0.1) is 0 Å². The van der Waals surface area contributed by atoms with Gasteiger partial charge in [-0.05, 0) is 18.2 Å². The topological polar surface area (TPSA) is 103 Å². The number of nitrogens with one attached hydrogen (secondary N) is 2. The van der Waals surface area contributed by atoms with Crippen LogP contribution in [0.4, 0.5) is 16.2 Å². The Morgan fingerprint density at radius 3 is 2.33 bits per heavy atom. The smallest absolute Gasteiger partial charge is 0.316 e. The summed E-state index contributed by atoms with van der Waals surface area (Å²) in [7, 11) is 2.97. The molecule has 2 rings (SSSR count). The molecule has 24 heavy (non-hydrogen) atoms. The van der Waals surface area contributed by atoms with Crippen LogP contribution < -0.4 is 25.8 Å². The molecule has 4 N–H and O–H groups in total. The first-order chi connectivity index (χ1) is 11.4. The Balaban J connectivity index is 2.25. The molecule has 8 heteroatoms. The zero-order valence-corrected chi connectivity index (χ0v) is 13.8. The van der Waals surface area contributed by atoms with Crippen LogP contribution >= 0.6 is 11.6 Å². The van der Waals surface area contributed by atoms with Gasteiger partial charge in [0.25, 0.3) is 5.91 Å². The van der Waals surface area contributed by atoms with Gasteiger partial charge >= 0.3 is 6.03 Å². The van der Waals surface area contributed by atoms with Crippen molar-refractivity contribution in [2.45, 2.75) is 0 Å². The highest BCUT2D eigenvalue weighted by Crippen LogP contribution is 2.36. The molecule has 0 aromatic heterocycles. The Bertz CT molecular complexity index is 780. The number of methoxy groups -OCH3 is 2. The van der Waals surface area contributed by atoms with Crippen molar-refractivity contribution in [2.24, 2.45) is 5.73 Å². The molecule has 0 aliphatic rings. The van der Waals surface area contributed by atoms with E-state index in [1.807, 2.05) is 0 Å². The highest BCUT2D eigenvalue weighted by Gasteiger charge is 2.14. The molecule has 0 atom stereocenters. The van der Waals surface area contributed by atoms with E-state index >= 15 is 0 Å². The molecular formula is C16H16ClN3O4. The molecule has 0 aliphatic carbocycles. The summed E-state index contributed by atoms with van der Waals surface area (Å²) in [5.74, 6) is 0.478. The van der Waals surface area contributed by atoms with E-state index in [-0.39, 0.29) is 0 Å². The number of anilines is 2. The molecule has 3 amide bonds. The molecule has 0 fully saturated rings. The summed E-state index contributed by atoms with van der Waals surface area (Å²) in [5.41, 5.74) is 6.16. The number of carbonyl (C=O) groups is 2. The van der Waals surface area contributed by atoms with Crippen LogP contribution in [0.25, 0.3) is 0 Å². The lowest BCUT2D eigenvalue weighted by Gasteiger charge is -2.13. The van der Waals surface area contributed by atoms with Gasteiger partial charge in [0.05, 0.1) is 24.9 Å². The average molecular weight is 350 g/mol. The summed E-state index contributed by atoms with van der Waals surface area (Å²) in [6.07, 6.45) is 0. The van der Waals surface area contributed by atoms with Crippen LogP contribution in [0, 0.1) is 0 Å². The summed E-state index contributed by atoms with van der Waals surface area (Å²) in [5, 5.41) is 5.39. The Morgan fingerprint density at radius 1 is 1.04 bits per heavy atom. The highest BCUT2D eigenvalue weighted by molar-refractivity contribution is 6.34. The minimum absolute atomic E-state index is 0.299. The quantitative estimate of drug-likeness (QED) is 0.771. The Morgan fingerprint density at radius 2 is 1.71 bits per heavy atom. The first kappa shape index (κ1) is 17.4. The summed E-state index contributed by atoms with van der Waals surface area (Å²) in [6, 6.07) is 8.72. The molecule has 0 aliphatic heterocycles. The maximum Gasteiger partial charge on any atom is 0.316 e. The lowest BCUT2D eigenvalue weighted by atomic mass is 10.1. The second kappa shape index (κ2) is 7.56. The number of hydrogen-bond donors (Lipinski definition) is 3. The number of hydrogen-bond acceptors (Lipinski definition) is 4. The summed E-state index contributed by atoms with van der Waals surface area (Å²) in [4.78, 5) is 23.3. The zero-order valence-electron chi connectivity index (χ0n) is 13.1. The van der Waals surface area contributed by atoms with Gasteiger partial charge in [-0.3, -0.25) is 4.79 Å². The van der Waals surface area contributed by atoms with Crippen LogP contribution in [0.1, 0.15) is 10.4 Å². The number of benzene rings is 2. The summed E-state index contributed by atoms with van der Waals surface area (Å²) in [6.45, 7) is 0. The minimum atomic E-state index is -0.713. The van der Waals surface area contributed by atoms with Crippen molar-refractivity contribution in [1.82, 2.24) is 0 Å². The standard InChI is InChI=1S/C16H16ClN3O4/c1-23-13-7-11(17)12(8-14(13)24-2)20-15(21)9-4-3-5-10(6-9)19-16(18)22/h3-8H,1-2H3,(H,20,21)(H3,18,19,22). The van der Waals surface area contributed by atoms with Crippen molar-refractivity contribution in [2.75, 3.05) is 24.9 Å². The lowest BCUT2D eigenvalue weighted by Crippen LogP contribution is -2.20. The molecule has 0 spiro atoms. The van der Waals surface area contributed by atoms with Crippen molar-refractivity contribution < 1.29 is 19.1 Å². The van der Waals surface area contributed by atoms with E-state index in [2.05, 4.69) is 10.6 Å². The molecule has 0 radical (unpaired) electrons. The van der Waals surface area contributed by atoms with Crippen LogP contribution in [0.5, 0.6) is 11.5 Å². The number of rotatable bonds is 5. The van der Waals surface area contributed by atoms with E-state index in [1.54, 1.807) is 30.3 Å². The molecule has 126 valence electrons. The van der Waals surface area contributed by atoms with E-state index in [0.29, 0.717) is 33.5 Å². The maximum atomic E-state index is 12.4. The van der Waals surface area contributed by atoms with Crippen LogP contribution in [-0.2, 0) is 0 Å². The Hall–Kier alpha value is -2.93. The first-order valence-corrected chi connectivity index (χ1v) is 7.21. The minimum Gasteiger partial charge on any atom is -0.493 e. The van der Waals surface area contributed by atoms with Gasteiger partial charge in [0.15, 0.2) is 11.5 Å². The largest absolute Gasteiger partial charge is 0.493 e. The normalized spacial score (nSPS) is 9.96. The second-order valence-corrected chi connectivity index (χ2v) is 5.12. The van der Waals surface area contributed by atoms with E-state index in [9.17, 15) is 9.59 Å². The van der Waals surface area contributed by atoms with E-state index in [4.69, 9.17) is 26.8 Å². The molecule has 0 saturated carbocycles. The third kappa shape index (κ3) is 4.08. The van der Waals surface area contributed by atoms with Gasteiger partial charge < -0.3 is 25.8 Å². The van der Waals surface area contributed by atoms with Crippen LogP contribution in [-0.4, -0.2) is 26.2 Å². The van der Waals surface area contributed by atoms with E-state index in [1.165, 1.54) is 20.3 Å². The van der Waals surface area contributed by atoms with Crippen molar-refractivity contribution in [3.8, 4) is 11.5 Å². The van der Waals surface area contributed by atoms with Gasteiger partial charge in [-0.25, -0.2) is 4.79 Å². The van der Waals surface area contributed by atoms with Gasteiger partial charge in [-0.2, -0.15) is 0 Å². The summed E-state index contributed by atoms with van der Waals surface area (Å²) < 4.78 is 10.3. The monoisotopic (exact) mass is 349 g/mol. The third-order valence-electron chi connectivity index (χ3n) is 3.11. The maximum absolute atomic E-state index is 12.4. The zero-order chi connectivity index (χ0) is 17.7. The van der Waals surface area contributed by atoms with Gasteiger partial charge in [0, 0.05) is 23.4 Å². The molecule has 7 nitrogen and oxygen atoms in total. The predicted octanol–water partition coefficient (Wildman–Crippen LogP) is 3.10. The fraction of sp³-hybridized carbons (Fsp3) is 0.125. The number of halogens is 1. The van der Waals surface area contributed by atoms with Gasteiger partial charge in [0.2, 0.25) is 0 Å². The van der Waals surface area contributed by atoms with Crippen LogP contribution in [0.3, 0.4) is 0 Å². The van der Waals surface area contributed by atoms with Crippen LogP contribution in [0.15, 0.2) is 36.4 Å².